The van der Waals surface area contributed by atoms with Crippen LogP contribution in [0.4, 0.5) is 0 Å². The highest BCUT2D eigenvalue weighted by atomic mass is 79.9. The first-order chi connectivity index (χ1) is 9.31. The summed E-state index contributed by atoms with van der Waals surface area (Å²) in [4.78, 5) is 10.8. The summed E-state index contributed by atoms with van der Waals surface area (Å²) in [6.45, 7) is -0.0811. The monoisotopic (exact) mass is 385 g/mol. The molecule has 1 rings (SSSR count). The lowest BCUT2D eigenvalue weighted by Crippen LogP contribution is -2.27. The highest BCUT2D eigenvalue weighted by Crippen LogP contribution is 2.35. The smallest absolute Gasteiger partial charge is 0.306 e. The standard InChI is InChI=1S/C11H13BrClNO5S/c1-18-10(15)3-4-14-20(16,17)9-6-7(13)5-8(12)11(9)19-2/h5-6,14H,3-4H2,1-2H3. The number of nitrogens with one attached hydrogen (secondary N) is 1. The number of sulfonamides is 1. The molecule has 6 nitrogen and oxygen atoms in total. The van der Waals surface area contributed by atoms with Gasteiger partial charge in [-0.05, 0) is 28.1 Å². The first-order valence-corrected chi connectivity index (χ1v) is 8.06. The van der Waals surface area contributed by atoms with Crippen molar-refractivity contribution in [2.45, 2.75) is 11.3 Å². The second kappa shape index (κ2) is 7.26. The third-order valence-electron chi connectivity index (χ3n) is 2.32. The maximum absolute atomic E-state index is 12.2. The number of rotatable bonds is 6. The second-order valence-corrected chi connectivity index (χ2v) is 6.67. The topological polar surface area (TPSA) is 81.7 Å². The SMILES string of the molecule is COC(=O)CCNS(=O)(=O)c1cc(Cl)cc(Br)c1OC. The van der Waals surface area contributed by atoms with E-state index in [2.05, 4.69) is 25.4 Å². The minimum Gasteiger partial charge on any atom is -0.494 e. The lowest BCUT2D eigenvalue weighted by atomic mass is 10.3. The van der Waals surface area contributed by atoms with Crippen LogP contribution in [-0.4, -0.2) is 35.2 Å². The van der Waals surface area contributed by atoms with Gasteiger partial charge in [-0.15, -0.1) is 0 Å². The number of methoxy groups -OCH3 is 2. The van der Waals surface area contributed by atoms with Crippen LogP contribution in [0.25, 0.3) is 0 Å². The van der Waals surface area contributed by atoms with Gasteiger partial charge in [-0.2, -0.15) is 0 Å². The number of benzene rings is 1. The number of hydrogen-bond donors (Lipinski definition) is 1. The number of esters is 1. The van der Waals surface area contributed by atoms with Crippen molar-refractivity contribution in [1.82, 2.24) is 4.72 Å². The molecule has 0 spiro atoms. The van der Waals surface area contributed by atoms with Crippen LogP contribution >= 0.6 is 27.5 Å². The molecule has 0 saturated heterocycles. The molecular formula is C11H13BrClNO5S. The fourth-order valence-corrected chi connectivity index (χ4v) is 3.82. The van der Waals surface area contributed by atoms with E-state index in [0.29, 0.717) is 4.47 Å². The van der Waals surface area contributed by atoms with Crippen molar-refractivity contribution in [1.29, 1.82) is 0 Å². The first-order valence-electron chi connectivity index (χ1n) is 5.41. The summed E-state index contributed by atoms with van der Waals surface area (Å²) in [7, 11) is -1.27. The summed E-state index contributed by atoms with van der Waals surface area (Å²) < 4.78 is 36.5. The van der Waals surface area contributed by atoms with Gasteiger partial charge >= 0.3 is 5.97 Å². The van der Waals surface area contributed by atoms with E-state index in [4.69, 9.17) is 16.3 Å². The molecule has 112 valence electrons. The molecule has 20 heavy (non-hydrogen) atoms. The van der Waals surface area contributed by atoms with E-state index in [0.717, 1.165) is 0 Å². The van der Waals surface area contributed by atoms with Crippen LogP contribution in [0.1, 0.15) is 6.42 Å². The molecular weight excluding hydrogens is 374 g/mol. The molecule has 1 N–H and O–H groups in total. The van der Waals surface area contributed by atoms with Gasteiger partial charge < -0.3 is 9.47 Å². The number of carbonyl (C=O) groups excluding carboxylic acids is 1. The largest absolute Gasteiger partial charge is 0.494 e. The van der Waals surface area contributed by atoms with Gasteiger partial charge in [0.05, 0.1) is 25.1 Å². The van der Waals surface area contributed by atoms with Crippen LogP contribution in [0.5, 0.6) is 5.75 Å². The van der Waals surface area contributed by atoms with Gasteiger partial charge in [0, 0.05) is 11.6 Å². The fraction of sp³-hybridized carbons (Fsp3) is 0.364. The lowest BCUT2D eigenvalue weighted by molar-refractivity contribution is -0.140. The molecule has 0 aliphatic carbocycles. The van der Waals surface area contributed by atoms with Crippen LogP contribution in [0.3, 0.4) is 0 Å². The summed E-state index contributed by atoms with van der Waals surface area (Å²) in [5, 5.41) is 0.242. The van der Waals surface area contributed by atoms with E-state index < -0.39 is 16.0 Å². The molecule has 0 radical (unpaired) electrons. The van der Waals surface area contributed by atoms with Crippen molar-refractivity contribution in [3.8, 4) is 5.75 Å². The van der Waals surface area contributed by atoms with Crippen molar-refractivity contribution in [2.75, 3.05) is 20.8 Å². The third-order valence-corrected chi connectivity index (χ3v) is 4.59. The lowest BCUT2D eigenvalue weighted by Gasteiger charge is -2.12. The summed E-state index contributed by atoms with van der Waals surface area (Å²) >= 11 is 9.02. The van der Waals surface area contributed by atoms with E-state index in [1.54, 1.807) is 0 Å². The Labute approximate surface area is 130 Å². The van der Waals surface area contributed by atoms with E-state index in [-0.39, 0.29) is 28.6 Å². The maximum Gasteiger partial charge on any atom is 0.306 e. The quantitative estimate of drug-likeness (QED) is 0.756. The summed E-state index contributed by atoms with van der Waals surface area (Å²) in [5.74, 6) is -0.369. The Morgan fingerprint density at radius 2 is 2.05 bits per heavy atom. The molecule has 0 fully saturated rings. The molecule has 0 amide bonds. The predicted octanol–water partition coefficient (Wildman–Crippen LogP) is 1.95. The Morgan fingerprint density at radius 3 is 2.60 bits per heavy atom. The minimum absolute atomic E-state index is 0.0697. The second-order valence-electron chi connectivity index (χ2n) is 3.64. The van der Waals surface area contributed by atoms with E-state index in [1.165, 1.54) is 26.4 Å². The molecule has 0 bridgehead atoms. The molecule has 1 aromatic rings. The number of hydrogen-bond acceptors (Lipinski definition) is 5. The number of ether oxygens (including phenoxy) is 2. The Morgan fingerprint density at radius 1 is 1.40 bits per heavy atom. The Kier molecular flexibility index (Phi) is 6.25. The van der Waals surface area contributed by atoms with Crippen LogP contribution in [0.15, 0.2) is 21.5 Å². The summed E-state index contributed by atoms with van der Waals surface area (Å²) in [6.07, 6.45) is -0.0697. The van der Waals surface area contributed by atoms with Crippen LogP contribution in [-0.2, 0) is 19.6 Å². The van der Waals surface area contributed by atoms with E-state index in [1.807, 2.05) is 0 Å². The Balaban J connectivity index is 3.00. The number of carbonyl (C=O) groups is 1. The molecule has 0 heterocycles. The normalized spacial score (nSPS) is 11.2. The molecule has 0 aromatic heterocycles. The molecule has 1 aromatic carbocycles. The Hall–Kier alpha value is -0.830. The van der Waals surface area contributed by atoms with Gasteiger partial charge in [0.1, 0.15) is 4.90 Å². The first kappa shape index (κ1) is 17.2. The highest BCUT2D eigenvalue weighted by molar-refractivity contribution is 9.10. The summed E-state index contributed by atoms with van der Waals surface area (Å²) in [5.41, 5.74) is 0. The zero-order chi connectivity index (χ0) is 15.3. The van der Waals surface area contributed by atoms with Crippen molar-refractivity contribution >= 4 is 43.5 Å². The van der Waals surface area contributed by atoms with Gasteiger partial charge in [0.15, 0.2) is 5.75 Å². The molecule has 0 saturated carbocycles. The van der Waals surface area contributed by atoms with Crippen molar-refractivity contribution in [3.63, 3.8) is 0 Å². The fourth-order valence-electron chi connectivity index (χ4n) is 1.40. The van der Waals surface area contributed by atoms with Crippen LogP contribution < -0.4 is 9.46 Å². The molecule has 0 aliphatic rings. The predicted molar refractivity (Wildman–Crippen MR) is 77.5 cm³/mol. The van der Waals surface area contributed by atoms with Crippen molar-refractivity contribution < 1.29 is 22.7 Å². The zero-order valence-electron chi connectivity index (χ0n) is 10.8. The van der Waals surface area contributed by atoms with Crippen LogP contribution in [0, 0.1) is 0 Å². The van der Waals surface area contributed by atoms with Gasteiger partial charge in [-0.3, -0.25) is 4.79 Å². The van der Waals surface area contributed by atoms with Crippen molar-refractivity contribution in [2.24, 2.45) is 0 Å². The molecule has 0 atom stereocenters. The summed E-state index contributed by atoms with van der Waals surface area (Å²) in [6, 6.07) is 2.79. The highest BCUT2D eigenvalue weighted by Gasteiger charge is 2.22. The van der Waals surface area contributed by atoms with Gasteiger partial charge in [-0.1, -0.05) is 11.6 Å². The van der Waals surface area contributed by atoms with Gasteiger partial charge in [0.25, 0.3) is 0 Å². The zero-order valence-corrected chi connectivity index (χ0v) is 13.9. The molecule has 0 aliphatic heterocycles. The molecule has 0 unspecified atom stereocenters. The van der Waals surface area contributed by atoms with Crippen LogP contribution in [0.2, 0.25) is 5.02 Å². The maximum atomic E-state index is 12.2. The average Bonchev–Trinajstić information content (AvgIpc) is 2.37. The third kappa shape index (κ3) is 4.34. The van der Waals surface area contributed by atoms with Crippen molar-refractivity contribution in [3.05, 3.63) is 21.6 Å². The van der Waals surface area contributed by atoms with Gasteiger partial charge in [-0.25, -0.2) is 13.1 Å². The van der Waals surface area contributed by atoms with Gasteiger partial charge in [0.2, 0.25) is 10.0 Å². The Bertz CT molecular complexity index is 605. The average molecular weight is 387 g/mol. The van der Waals surface area contributed by atoms with E-state index in [9.17, 15) is 13.2 Å². The number of halogens is 2. The minimum atomic E-state index is -3.85. The van der Waals surface area contributed by atoms with E-state index >= 15 is 0 Å². The molecule has 9 heteroatoms.